The minimum atomic E-state index is 0.377. The van der Waals surface area contributed by atoms with Gasteiger partial charge in [-0.1, -0.05) is 20.8 Å². The third-order valence-electron chi connectivity index (χ3n) is 4.26. The lowest BCUT2D eigenvalue weighted by atomic mass is 9.81. The molecule has 3 nitrogen and oxygen atoms in total. The molecule has 1 heterocycles. The first-order valence-corrected chi connectivity index (χ1v) is 7.49. The molecule has 0 amide bonds. The summed E-state index contributed by atoms with van der Waals surface area (Å²) in [4.78, 5) is 2.42. The summed E-state index contributed by atoms with van der Waals surface area (Å²) in [6.45, 7) is 13.1. The SMILES string of the molecule is CCNCC(CC)(CC)CN(C)Cc1ccoc1C. The van der Waals surface area contributed by atoms with E-state index in [9.17, 15) is 0 Å². The van der Waals surface area contributed by atoms with Gasteiger partial charge in [-0.15, -0.1) is 0 Å². The third-order valence-corrected chi connectivity index (χ3v) is 4.26. The Kier molecular flexibility index (Phi) is 6.59. The lowest BCUT2D eigenvalue weighted by molar-refractivity contribution is 0.151. The van der Waals surface area contributed by atoms with Gasteiger partial charge >= 0.3 is 0 Å². The molecule has 1 aromatic heterocycles. The van der Waals surface area contributed by atoms with Crippen LogP contribution in [0.2, 0.25) is 0 Å². The fraction of sp³-hybridized carbons (Fsp3) is 0.750. The Balaban J connectivity index is 2.60. The van der Waals surface area contributed by atoms with E-state index < -0.39 is 0 Å². The van der Waals surface area contributed by atoms with Gasteiger partial charge in [0, 0.05) is 25.2 Å². The van der Waals surface area contributed by atoms with Crippen LogP contribution in [0.4, 0.5) is 0 Å². The normalized spacial score (nSPS) is 12.3. The first-order valence-electron chi connectivity index (χ1n) is 7.49. The van der Waals surface area contributed by atoms with E-state index in [0.717, 1.165) is 31.9 Å². The molecular weight excluding hydrogens is 236 g/mol. The third kappa shape index (κ3) is 4.66. The summed E-state index contributed by atoms with van der Waals surface area (Å²) >= 11 is 0. The van der Waals surface area contributed by atoms with E-state index in [-0.39, 0.29) is 0 Å². The maximum absolute atomic E-state index is 5.37. The summed E-state index contributed by atoms with van der Waals surface area (Å²) in [7, 11) is 2.21. The predicted molar refractivity (Wildman–Crippen MR) is 81.3 cm³/mol. The molecule has 0 saturated heterocycles. The lowest BCUT2D eigenvalue weighted by Crippen LogP contribution is -2.42. The average Bonchev–Trinajstić information content (AvgIpc) is 2.80. The first-order chi connectivity index (χ1) is 9.06. The van der Waals surface area contributed by atoms with Crippen LogP contribution in [0.15, 0.2) is 16.7 Å². The second-order valence-electron chi connectivity index (χ2n) is 5.66. The highest BCUT2D eigenvalue weighted by atomic mass is 16.3. The maximum Gasteiger partial charge on any atom is 0.105 e. The number of aryl methyl sites for hydroxylation is 1. The largest absolute Gasteiger partial charge is 0.469 e. The van der Waals surface area contributed by atoms with Gasteiger partial charge in [0.15, 0.2) is 0 Å². The zero-order valence-electron chi connectivity index (χ0n) is 13.3. The predicted octanol–water partition coefficient (Wildman–Crippen LogP) is 3.44. The Morgan fingerprint density at radius 3 is 2.42 bits per heavy atom. The molecular formula is C16H30N2O. The van der Waals surface area contributed by atoms with Gasteiger partial charge in [0.05, 0.1) is 6.26 Å². The van der Waals surface area contributed by atoms with E-state index in [1.165, 1.54) is 18.4 Å². The van der Waals surface area contributed by atoms with Gasteiger partial charge in [0.25, 0.3) is 0 Å². The van der Waals surface area contributed by atoms with Crippen molar-refractivity contribution < 1.29 is 4.42 Å². The molecule has 0 spiro atoms. The topological polar surface area (TPSA) is 28.4 Å². The van der Waals surface area contributed by atoms with Crippen LogP contribution in [0, 0.1) is 12.3 Å². The molecule has 0 saturated carbocycles. The van der Waals surface area contributed by atoms with Crippen LogP contribution in [-0.2, 0) is 6.54 Å². The highest BCUT2D eigenvalue weighted by Crippen LogP contribution is 2.27. The minimum absolute atomic E-state index is 0.377. The molecule has 1 rings (SSSR count). The Bertz CT molecular complexity index is 355. The summed E-state index contributed by atoms with van der Waals surface area (Å²) in [6.07, 6.45) is 4.21. The van der Waals surface area contributed by atoms with Crippen molar-refractivity contribution in [2.75, 3.05) is 26.7 Å². The molecule has 0 atom stereocenters. The van der Waals surface area contributed by atoms with Crippen LogP contribution in [0.5, 0.6) is 0 Å². The fourth-order valence-electron chi connectivity index (χ4n) is 2.66. The van der Waals surface area contributed by atoms with Gasteiger partial charge in [0.2, 0.25) is 0 Å². The van der Waals surface area contributed by atoms with E-state index in [4.69, 9.17) is 4.42 Å². The molecule has 0 radical (unpaired) electrons. The number of nitrogens with zero attached hydrogens (tertiary/aromatic N) is 1. The van der Waals surface area contributed by atoms with Crippen molar-refractivity contribution in [1.29, 1.82) is 0 Å². The van der Waals surface area contributed by atoms with Gasteiger partial charge in [-0.25, -0.2) is 0 Å². The minimum Gasteiger partial charge on any atom is -0.469 e. The zero-order valence-corrected chi connectivity index (χ0v) is 13.3. The Morgan fingerprint density at radius 2 is 1.95 bits per heavy atom. The molecule has 0 aliphatic carbocycles. The van der Waals surface area contributed by atoms with Gasteiger partial charge in [0.1, 0.15) is 5.76 Å². The smallest absolute Gasteiger partial charge is 0.105 e. The highest BCUT2D eigenvalue weighted by molar-refractivity contribution is 5.15. The van der Waals surface area contributed by atoms with Crippen molar-refractivity contribution in [2.45, 2.75) is 47.1 Å². The molecule has 1 aromatic rings. The second kappa shape index (κ2) is 7.71. The van der Waals surface area contributed by atoms with E-state index in [1.807, 2.05) is 6.92 Å². The van der Waals surface area contributed by atoms with Gasteiger partial charge in [-0.05, 0) is 44.8 Å². The van der Waals surface area contributed by atoms with Crippen LogP contribution < -0.4 is 5.32 Å². The number of nitrogens with one attached hydrogen (secondary N) is 1. The molecule has 19 heavy (non-hydrogen) atoms. The van der Waals surface area contributed by atoms with Gasteiger partial charge in [-0.2, -0.15) is 0 Å². The van der Waals surface area contributed by atoms with Crippen molar-refractivity contribution in [3.05, 3.63) is 23.7 Å². The molecule has 0 aliphatic heterocycles. The van der Waals surface area contributed by atoms with Crippen LogP contribution in [0.25, 0.3) is 0 Å². The zero-order chi connectivity index (χ0) is 14.3. The number of rotatable bonds is 9. The molecule has 0 aromatic carbocycles. The quantitative estimate of drug-likeness (QED) is 0.742. The maximum atomic E-state index is 5.37. The van der Waals surface area contributed by atoms with Crippen molar-refractivity contribution in [1.82, 2.24) is 10.2 Å². The van der Waals surface area contributed by atoms with E-state index in [0.29, 0.717) is 5.41 Å². The van der Waals surface area contributed by atoms with E-state index >= 15 is 0 Å². The van der Waals surface area contributed by atoms with Gasteiger partial charge < -0.3 is 14.6 Å². The van der Waals surface area contributed by atoms with Crippen LogP contribution in [0.1, 0.15) is 44.9 Å². The van der Waals surface area contributed by atoms with Crippen molar-refractivity contribution >= 4 is 0 Å². The van der Waals surface area contributed by atoms with Crippen LogP contribution in [-0.4, -0.2) is 31.6 Å². The number of hydrogen-bond acceptors (Lipinski definition) is 3. The fourth-order valence-corrected chi connectivity index (χ4v) is 2.66. The van der Waals surface area contributed by atoms with Crippen molar-refractivity contribution in [2.24, 2.45) is 5.41 Å². The Hall–Kier alpha value is -0.800. The van der Waals surface area contributed by atoms with E-state index in [1.54, 1.807) is 6.26 Å². The number of furan rings is 1. The number of hydrogen-bond donors (Lipinski definition) is 1. The summed E-state index contributed by atoms with van der Waals surface area (Å²) < 4.78 is 5.37. The molecule has 110 valence electrons. The summed E-state index contributed by atoms with van der Waals surface area (Å²) in [5.74, 6) is 1.04. The van der Waals surface area contributed by atoms with Crippen LogP contribution >= 0.6 is 0 Å². The standard InChI is InChI=1S/C16H30N2O/c1-6-16(7-2,12-17-8-3)13-18(5)11-15-9-10-19-14(15)4/h9-10,17H,6-8,11-13H2,1-5H3. The molecule has 0 aliphatic rings. The Morgan fingerprint density at radius 1 is 1.26 bits per heavy atom. The van der Waals surface area contributed by atoms with Gasteiger partial charge in [-0.3, -0.25) is 0 Å². The lowest BCUT2D eigenvalue weighted by Gasteiger charge is -2.36. The molecule has 0 bridgehead atoms. The first kappa shape index (κ1) is 16.3. The summed E-state index contributed by atoms with van der Waals surface area (Å²) in [5, 5.41) is 3.52. The molecule has 1 N–H and O–H groups in total. The summed E-state index contributed by atoms with van der Waals surface area (Å²) in [5.41, 5.74) is 1.68. The Labute approximate surface area is 118 Å². The molecule has 0 fully saturated rings. The molecule has 3 heteroatoms. The van der Waals surface area contributed by atoms with Crippen molar-refractivity contribution in [3.8, 4) is 0 Å². The molecule has 0 unspecified atom stereocenters. The monoisotopic (exact) mass is 266 g/mol. The second-order valence-corrected chi connectivity index (χ2v) is 5.66. The highest BCUT2D eigenvalue weighted by Gasteiger charge is 2.27. The van der Waals surface area contributed by atoms with Crippen LogP contribution in [0.3, 0.4) is 0 Å². The van der Waals surface area contributed by atoms with Crippen molar-refractivity contribution in [3.63, 3.8) is 0 Å². The summed E-state index contributed by atoms with van der Waals surface area (Å²) in [6, 6.07) is 2.08. The van der Waals surface area contributed by atoms with E-state index in [2.05, 4.69) is 44.1 Å². The average molecular weight is 266 g/mol.